The summed E-state index contributed by atoms with van der Waals surface area (Å²) in [6, 6.07) is 0. The Kier molecular flexibility index (Phi) is 4.86. The van der Waals surface area contributed by atoms with Crippen LogP contribution in [0.4, 0.5) is 13.2 Å². The Morgan fingerprint density at radius 2 is 1.94 bits per heavy atom. The van der Waals surface area contributed by atoms with Crippen LogP contribution in [0.2, 0.25) is 0 Å². The van der Waals surface area contributed by atoms with Gasteiger partial charge in [-0.2, -0.15) is 13.2 Å². The van der Waals surface area contributed by atoms with Crippen LogP contribution in [0.3, 0.4) is 0 Å². The lowest BCUT2D eigenvalue weighted by Gasteiger charge is -2.31. The molecule has 1 aliphatic carbocycles. The van der Waals surface area contributed by atoms with Gasteiger partial charge in [0, 0.05) is 11.0 Å². The number of nitrogens with one attached hydrogen (secondary N) is 1. The van der Waals surface area contributed by atoms with Crippen molar-refractivity contribution in [3.05, 3.63) is 11.6 Å². The van der Waals surface area contributed by atoms with E-state index in [4.69, 9.17) is 11.6 Å². The Morgan fingerprint density at radius 1 is 1.35 bits per heavy atom. The highest BCUT2D eigenvalue weighted by atomic mass is 35.5. The molecular formula is C11H15ClF3NO. The van der Waals surface area contributed by atoms with Gasteiger partial charge in [-0.3, -0.25) is 4.79 Å². The van der Waals surface area contributed by atoms with Crippen LogP contribution in [0, 0.1) is 11.8 Å². The number of carbonyl (C=O) groups is 1. The molecule has 1 aliphatic rings. The molecule has 6 heteroatoms. The molecule has 0 radical (unpaired) electrons. The molecule has 2 atom stereocenters. The maximum atomic E-state index is 12.7. The van der Waals surface area contributed by atoms with Gasteiger partial charge < -0.3 is 5.32 Å². The lowest BCUT2D eigenvalue weighted by Crippen LogP contribution is -2.42. The van der Waals surface area contributed by atoms with E-state index in [0.29, 0.717) is 12.8 Å². The van der Waals surface area contributed by atoms with Gasteiger partial charge in [0.15, 0.2) is 0 Å². The van der Waals surface area contributed by atoms with Gasteiger partial charge in [-0.1, -0.05) is 31.0 Å². The van der Waals surface area contributed by atoms with Crippen molar-refractivity contribution in [2.24, 2.45) is 11.8 Å². The highest BCUT2D eigenvalue weighted by Crippen LogP contribution is 2.41. The minimum atomic E-state index is -4.31. The van der Waals surface area contributed by atoms with Gasteiger partial charge in [0.2, 0.25) is 5.91 Å². The summed E-state index contributed by atoms with van der Waals surface area (Å²) >= 11 is 5.46. The predicted molar refractivity (Wildman–Crippen MR) is 59.5 cm³/mol. The Morgan fingerprint density at radius 3 is 2.47 bits per heavy atom. The van der Waals surface area contributed by atoms with Gasteiger partial charge in [0.1, 0.15) is 0 Å². The fourth-order valence-electron chi connectivity index (χ4n) is 2.15. The second-order valence-electron chi connectivity index (χ2n) is 4.27. The van der Waals surface area contributed by atoms with E-state index in [0.717, 1.165) is 0 Å². The van der Waals surface area contributed by atoms with Crippen LogP contribution in [0.25, 0.3) is 0 Å². The fraction of sp³-hybridized carbons (Fsp3) is 0.727. The molecule has 1 N–H and O–H groups in total. The molecule has 0 aromatic carbocycles. The zero-order valence-corrected chi connectivity index (χ0v) is 10.1. The smallest absolute Gasteiger partial charge is 0.351 e. The number of hydrogen-bond donors (Lipinski definition) is 1. The second-order valence-corrected chi connectivity index (χ2v) is 4.81. The number of carbonyl (C=O) groups excluding carboxylic acids is 1. The number of alkyl halides is 3. The van der Waals surface area contributed by atoms with E-state index < -0.39 is 23.9 Å². The zero-order chi connectivity index (χ0) is 13.1. The molecule has 1 rings (SSSR count). The first-order chi connectivity index (χ1) is 7.82. The van der Waals surface area contributed by atoms with Crippen LogP contribution in [0.1, 0.15) is 25.7 Å². The quantitative estimate of drug-likeness (QED) is 0.837. The molecule has 0 bridgehead atoms. The van der Waals surface area contributed by atoms with Crippen molar-refractivity contribution in [1.82, 2.24) is 5.32 Å². The van der Waals surface area contributed by atoms with Gasteiger partial charge >= 0.3 is 6.18 Å². The van der Waals surface area contributed by atoms with Crippen molar-refractivity contribution in [1.29, 1.82) is 0 Å². The molecule has 2 unspecified atom stereocenters. The van der Waals surface area contributed by atoms with Crippen LogP contribution in [-0.2, 0) is 4.79 Å². The molecule has 0 heterocycles. The van der Waals surface area contributed by atoms with E-state index in [1.54, 1.807) is 0 Å². The third-order valence-electron chi connectivity index (χ3n) is 2.98. The molecule has 0 saturated heterocycles. The SMILES string of the molecule is C=C(Cl)CNC(=O)C1CCCCC1C(F)(F)F. The van der Waals surface area contributed by atoms with Crippen molar-refractivity contribution in [2.75, 3.05) is 6.54 Å². The van der Waals surface area contributed by atoms with Gasteiger partial charge in [-0.05, 0) is 12.8 Å². The van der Waals surface area contributed by atoms with Crippen molar-refractivity contribution in [3.8, 4) is 0 Å². The average Bonchev–Trinajstić information content (AvgIpc) is 2.24. The zero-order valence-electron chi connectivity index (χ0n) is 9.32. The number of rotatable bonds is 3. The largest absolute Gasteiger partial charge is 0.392 e. The van der Waals surface area contributed by atoms with Crippen LogP contribution < -0.4 is 5.32 Å². The monoisotopic (exact) mass is 269 g/mol. The van der Waals surface area contributed by atoms with E-state index in [-0.39, 0.29) is 24.4 Å². The number of hydrogen-bond acceptors (Lipinski definition) is 1. The standard InChI is InChI=1S/C11H15ClF3NO/c1-7(12)6-16-10(17)8-4-2-3-5-9(8)11(13,14)15/h8-9H,1-6H2,(H,16,17). The molecule has 0 aromatic heterocycles. The molecule has 17 heavy (non-hydrogen) atoms. The summed E-state index contributed by atoms with van der Waals surface area (Å²) in [4.78, 5) is 11.6. The second kappa shape index (κ2) is 5.76. The molecule has 1 amide bonds. The molecule has 0 spiro atoms. The van der Waals surface area contributed by atoms with Crippen molar-refractivity contribution < 1.29 is 18.0 Å². The Balaban J connectivity index is 2.64. The summed E-state index contributed by atoms with van der Waals surface area (Å²) in [5.74, 6) is -3.09. The average molecular weight is 270 g/mol. The molecule has 0 aromatic rings. The lowest BCUT2D eigenvalue weighted by molar-refractivity contribution is -0.198. The normalized spacial score (nSPS) is 25.4. The Labute approximate surface area is 103 Å². The topological polar surface area (TPSA) is 29.1 Å². The van der Waals surface area contributed by atoms with Crippen LogP contribution in [-0.4, -0.2) is 18.6 Å². The number of amides is 1. The fourth-order valence-corrected chi connectivity index (χ4v) is 2.22. The first kappa shape index (κ1) is 14.4. The first-order valence-corrected chi connectivity index (χ1v) is 5.88. The molecule has 1 saturated carbocycles. The molecular weight excluding hydrogens is 255 g/mol. The van der Waals surface area contributed by atoms with E-state index in [9.17, 15) is 18.0 Å². The summed E-state index contributed by atoms with van der Waals surface area (Å²) in [5.41, 5.74) is 0. The van der Waals surface area contributed by atoms with Gasteiger partial charge in [0.05, 0.1) is 12.5 Å². The third kappa shape index (κ3) is 4.22. The minimum absolute atomic E-state index is 0.0153. The van der Waals surface area contributed by atoms with E-state index in [1.165, 1.54) is 0 Å². The molecule has 2 nitrogen and oxygen atoms in total. The Hall–Kier alpha value is -0.710. The predicted octanol–water partition coefficient (Wildman–Crippen LogP) is 3.22. The number of halogens is 4. The van der Waals surface area contributed by atoms with Crippen LogP contribution in [0.15, 0.2) is 11.6 Å². The molecule has 1 fully saturated rings. The van der Waals surface area contributed by atoms with Crippen molar-refractivity contribution >= 4 is 17.5 Å². The maximum Gasteiger partial charge on any atom is 0.392 e. The van der Waals surface area contributed by atoms with Crippen molar-refractivity contribution in [2.45, 2.75) is 31.9 Å². The maximum absolute atomic E-state index is 12.7. The highest BCUT2D eigenvalue weighted by molar-refractivity contribution is 6.29. The molecule has 0 aliphatic heterocycles. The van der Waals surface area contributed by atoms with Crippen LogP contribution in [0.5, 0.6) is 0 Å². The minimum Gasteiger partial charge on any atom is -0.351 e. The summed E-state index contributed by atoms with van der Waals surface area (Å²) < 4.78 is 38.2. The van der Waals surface area contributed by atoms with E-state index in [1.807, 2.05) is 0 Å². The van der Waals surface area contributed by atoms with E-state index in [2.05, 4.69) is 11.9 Å². The first-order valence-electron chi connectivity index (χ1n) is 5.50. The summed E-state index contributed by atoms with van der Waals surface area (Å²) in [6.07, 6.45) is -2.81. The lowest BCUT2D eigenvalue weighted by atomic mass is 9.78. The van der Waals surface area contributed by atoms with Gasteiger partial charge in [-0.15, -0.1) is 0 Å². The molecule has 98 valence electrons. The summed E-state index contributed by atoms with van der Waals surface area (Å²) in [6.45, 7) is 3.38. The van der Waals surface area contributed by atoms with Crippen LogP contribution >= 0.6 is 11.6 Å². The van der Waals surface area contributed by atoms with Gasteiger partial charge in [-0.25, -0.2) is 0 Å². The summed E-state index contributed by atoms with van der Waals surface area (Å²) in [5, 5.41) is 2.59. The third-order valence-corrected chi connectivity index (χ3v) is 3.11. The summed E-state index contributed by atoms with van der Waals surface area (Å²) in [7, 11) is 0. The van der Waals surface area contributed by atoms with Crippen molar-refractivity contribution in [3.63, 3.8) is 0 Å². The Bertz CT molecular complexity index is 304. The highest BCUT2D eigenvalue weighted by Gasteiger charge is 2.47. The van der Waals surface area contributed by atoms with E-state index >= 15 is 0 Å². The van der Waals surface area contributed by atoms with Gasteiger partial charge in [0.25, 0.3) is 0 Å².